The lowest BCUT2D eigenvalue weighted by molar-refractivity contribution is 0.0696. The molecular weight excluding hydrogens is 386 g/mol. The lowest BCUT2D eigenvalue weighted by Gasteiger charge is -1.99. The highest BCUT2D eigenvalue weighted by molar-refractivity contribution is 7.21. The van der Waals surface area contributed by atoms with Gasteiger partial charge in [-0.05, 0) is 6.07 Å². The van der Waals surface area contributed by atoms with Crippen molar-refractivity contribution in [1.82, 2.24) is 15.2 Å². The van der Waals surface area contributed by atoms with E-state index in [-0.39, 0.29) is 16.1 Å². The van der Waals surface area contributed by atoms with Crippen LogP contribution in [0.1, 0.15) is 20.0 Å². The molecule has 1 amide bonds. The van der Waals surface area contributed by atoms with E-state index in [1.165, 1.54) is 23.6 Å². The van der Waals surface area contributed by atoms with Crippen molar-refractivity contribution in [2.75, 3.05) is 11.1 Å². The predicted octanol–water partition coefficient (Wildman–Crippen LogP) is 3.35. The van der Waals surface area contributed by atoms with Crippen molar-refractivity contribution in [2.45, 2.75) is 0 Å². The summed E-state index contributed by atoms with van der Waals surface area (Å²) < 4.78 is 0. The van der Waals surface area contributed by atoms with E-state index in [2.05, 4.69) is 20.5 Å². The van der Waals surface area contributed by atoms with Gasteiger partial charge in [0.25, 0.3) is 5.91 Å². The first-order chi connectivity index (χ1) is 13.0. The number of rotatable bonds is 4. The summed E-state index contributed by atoms with van der Waals surface area (Å²) in [6.07, 6.45) is 1.24. The molecule has 0 bridgehead atoms. The molecule has 0 atom stereocenters. The fourth-order valence-corrected chi connectivity index (χ4v) is 4.10. The van der Waals surface area contributed by atoms with Gasteiger partial charge in [-0.2, -0.15) is 0 Å². The summed E-state index contributed by atoms with van der Waals surface area (Å²) in [5.41, 5.74) is 7.15. The van der Waals surface area contributed by atoms with E-state index in [0.29, 0.717) is 20.4 Å². The van der Waals surface area contributed by atoms with Crippen LogP contribution in [0.15, 0.2) is 42.6 Å². The number of thiophene rings is 1. The first-order valence-corrected chi connectivity index (χ1v) is 9.28. The number of nitrogens with one attached hydrogen (secondary N) is 1. The molecule has 0 aliphatic carbocycles. The van der Waals surface area contributed by atoms with Gasteiger partial charge in [0.2, 0.25) is 5.13 Å². The number of aromatic carboxylic acids is 1. The average molecular weight is 397 g/mol. The number of fused-ring (bicyclic) bond motifs is 1. The standard InChI is InChI=1S/C17H11N5O3S2/c18-11-10-6-9(16(24)25)7-19-15(10)26-12(11)13(23)20-17-22-21-14(27-17)8-4-2-1-3-5-8/h1-7H,18H2,(H,24,25)(H,20,22,23). The van der Waals surface area contributed by atoms with Gasteiger partial charge < -0.3 is 10.8 Å². The maximum Gasteiger partial charge on any atom is 0.337 e. The molecule has 0 saturated carbocycles. The van der Waals surface area contributed by atoms with Crippen LogP contribution in [0.4, 0.5) is 10.8 Å². The van der Waals surface area contributed by atoms with Gasteiger partial charge in [-0.15, -0.1) is 21.5 Å². The Labute approximate surface area is 160 Å². The maximum absolute atomic E-state index is 12.6. The quantitative estimate of drug-likeness (QED) is 0.481. The molecule has 0 saturated heterocycles. The number of amides is 1. The second-order valence-corrected chi connectivity index (χ2v) is 7.44. The molecule has 0 radical (unpaired) electrons. The number of aromatic nitrogens is 3. The zero-order chi connectivity index (χ0) is 19.0. The van der Waals surface area contributed by atoms with E-state index >= 15 is 0 Å². The van der Waals surface area contributed by atoms with Crippen LogP contribution in [0.3, 0.4) is 0 Å². The number of nitrogen functional groups attached to an aromatic ring is 1. The van der Waals surface area contributed by atoms with Crippen LogP contribution in [0.2, 0.25) is 0 Å². The molecule has 8 nitrogen and oxygen atoms in total. The number of carbonyl (C=O) groups excluding carboxylic acids is 1. The number of carboxylic acid groups (broad SMARTS) is 1. The molecule has 0 fully saturated rings. The second kappa shape index (κ2) is 6.74. The van der Waals surface area contributed by atoms with Crippen molar-refractivity contribution in [3.05, 3.63) is 53.0 Å². The van der Waals surface area contributed by atoms with E-state index in [9.17, 15) is 9.59 Å². The van der Waals surface area contributed by atoms with Gasteiger partial charge in [0.1, 0.15) is 14.7 Å². The third-order valence-electron chi connectivity index (χ3n) is 3.70. The van der Waals surface area contributed by atoms with Gasteiger partial charge >= 0.3 is 5.97 Å². The number of anilines is 2. The van der Waals surface area contributed by atoms with Gasteiger partial charge in [-0.3, -0.25) is 10.1 Å². The summed E-state index contributed by atoms with van der Waals surface area (Å²) in [6, 6.07) is 10.9. The van der Waals surface area contributed by atoms with Crippen LogP contribution in [0, 0.1) is 0 Å². The number of nitrogens with two attached hydrogens (primary N) is 1. The van der Waals surface area contributed by atoms with Crippen LogP contribution in [0.25, 0.3) is 20.8 Å². The van der Waals surface area contributed by atoms with Gasteiger partial charge in [0, 0.05) is 17.1 Å². The monoisotopic (exact) mass is 397 g/mol. The Morgan fingerprint density at radius 3 is 2.63 bits per heavy atom. The molecular formula is C17H11N5O3S2. The number of carboxylic acids is 1. The summed E-state index contributed by atoms with van der Waals surface area (Å²) in [6.45, 7) is 0. The Hall–Kier alpha value is -3.37. The lowest BCUT2D eigenvalue weighted by Crippen LogP contribution is -2.11. The first kappa shape index (κ1) is 17.1. The van der Waals surface area contributed by atoms with Crippen molar-refractivity contribution in [3.8, 4) is 10.6 Å². The molecule has 0 aliphatic rings. The summed E-state index contributed by atoms with van der Waals surface area (Å²) >= 11 is 2.33. The van der Waals surface area contributed by atoms with Crippen molar-refractivity contribution in [1.29, 1.82) is 0 Å². The second-order valence-electron chi connectivity index (χ2n) is 5.46. The highest BCUT2D eigenvalue weighted by Gasteiger charge is 2.20. The van der Waals surface area contributed by atoms with Crippen LogP contribution in [-0.4, -0.2) is 32.2 Å². The Bertz CT molecular complexity index is 1170. The van der Waals surface area contributed by atoms with Gasteiger partial charge in [0.15, 0.2) is 0 Å². The minimum absolute atomic E-state index is 0.00980. The fourth-order valence-electron chi connectivity index (χ4n) is 2.41. The predicted molar refractivity (Wildman–Crippen MR) is 104 cm³/mol. The molecule has 134 valence electrons. The minimum atomic E-state index is -1.11. The molecule has 0 unspecified atom stereocenters. The normalized spacial score (nSPS) is 10.8. The summed E-state index contributed by atoms with van der Waals surface area (Å²) in [7, 11) is 0. The minimum Gasteiger partial charge on any atom is -0.478 e. The summed E-state index contributed by atoms with van der Waals surface area (Å²) in [5, 5.41) is 21.3. The van der Waals surface area contributed by atoms with E-state index in [4.69, 9.17) is 10.8 Å². The van der Waals surface area contributed by atoms with Crippen LogP contribution in [0.5, 0.6) is 0 Å². The first-order valence-electron chi connectivity index (χ1n) is 7.64. The highest BCUT2D eigenvalue weighted by atomic mass is 32.1. The maximum atomic E-state index is 12.6. The topological polar surface area (TPSA) is 131 Å². The van der Waals surface area contributed by atoms with E-state index in [1.807, 2.05) is 30.3 Å². The van der Waals surface area contributed by atoms with Crippen LogP contribution < -0.4 is 11.1 Å². The number of benzene rings is 1. The third-order valence-corrected chi connectivity index (χ3v) is 5.72. The smallest absolute Gasteiger partial charge is 0.337 e. The van der Waals surface area contributed by atoms with Gasteiger partial charge in [-0.1, -0.05) is 41.7 Å². The Balaban J connectivity index is 1.61. The Morgan fingerprint density at radius 2 is 1.89 bits per heavy atom. The molecule has 4 aromatic rings. The molecule has 3 heterocycles. The molecule has 4 N–H and O–H groups in total. The molecule has 4 rings (SSSR count). The van der Waals surface area contributed by atoms with Gasteiger partial charge in [-0.25, -0.2) is 9.78 Å². The Kier molecular flexibility index (Phi) is 4.26. The fraction of sp³-hybridized carbons (Fsp3) is 0. The molecule has 0 spiro atoms. The van der Waals surface area contributed by atoms with Crippen LogP contribution in [-0.2, 0) is 0 Å². The van der Waals surface area contributed by atoms with E-state index < -0.39 is 11.9 Å². The van der Waals surface area contributed by atoms with Crippen molar-refractivity contribution >= 4 is 55.6 Å². The zero-order valence-electron chi connectivity index (χ0n) is 13.5. The molecule has 1 aromatic carbocycles. The summed E-state index contributed by atoms with van der Waals surface area (Å²) in [4.78, 5) is 28.5. The Morgan fingerprint density at radius 1 is 1.11 bits per heavy atom. The number of hydrogen-bond donors (Lipinski definition) is 3. The number of carbonyl (C=O) groups is 2. The molecule has 10 heteroatoms. The lowest BCUT2D eigenvalue weighted by atomic mass is 10.2. The number of nitrogens with zero attached hydrogens (tertiary/aromatic N) is 3. The van der Waals surface area contributed by atoms with E-state index in [1.54, 1.807) is 0 Å². The third kappa shape index (κ3) is 3.23. The van der Waals surface area contributed by atoms with Gasteiger partial charge in [0.05, 0.1) is 11.3 Å². The van der Waals surface area contributed by atoms with E-state index in [0.717, 1.165) is 16.9 Å². The molecule has 3 aromatic heterocycles. The van der Waals surface area contributed by atoms with Crippen molar-refractivity contribution < 1.29 is 14.7 Å². The summed E-state index contributed by atoms with van der Waals surface area (Å²) in [5.74, 6) is -1.55. The molecule has 27 heavy (non-hydrogen) atoms. The number of hydrogen-bond acceptors (Lipinski definition) is 8. The van der Waals surface area contributed by atoms with Crippen LogP contribution >= 0.6 is 22.7 Å². The zero-order valence-corrected chi connectivity index (χ0v) is 15.2. The highest BCUT2D eigenvalue weighted by Crippen LogP contribution is 2.34. The largest absolute Gasteiger partial charge is 0.478 e. The van der Waals surface area contributed by atoms with Crippen molar-refractivity contribution in [3.63, 3.8) is 0 Å². The SMILES string of the molecule is Nc1c(C(=O)Nc2nnc(-c3ccccc3)s2)sc2ncc(C(=O)O)cc12. The number of pyridine rings is 1. The van der Waals surface area contributed by atoms with Crippen molar-refractivity contribution in [2.24, 2.45) is 0 Å². The average Bonchev–Trinajstić information content (AvgIpc) is 3.27. The molecule has 0 aliphatic heterocycles.